The third kappa shape index (κ3) is 4.56. The van der Waals surface area contributed by atoms with Crippen LogP contribution in [0.1, 0.15) is 0 Å². The number of rotatable bonds is 2. The molecule has 0 radical (unpaired) electrons. The number of carbonyl (C=O) groups is 2. The van der Waals surface area contributed by atoms with Crippen LogP contribution in [-0.2, 0) is 4.74 Å². The molecule has 0 heterocycles. The molecule has 0 aliphatic heterocycles. The number of halogens is 1. The zero-order valence-electron chi connectivity index (χ0n) is 6.52. The van der Waals surface area contributed by atoms with Gasteiger partial charge in [0.15, 0.2) is 0 Å². The van der Waals surface area contributed by atoms with E-state index in [9.17, 15) is 9.59 Å². The molecule has 0 aliphatic rings. The highest BCUT2D eigenvalue weighted by Gasteiger charge is 2.15. The van der Waals surface area contributed by atoms with Crippen molar-refractivity contribution < 1.29 is 19.4 Å². The van der Waals surface area contributed by atoms with Gasteiger partial charge in [0, 0.05) is 7.05 Å². The predicted molar refractivity (Wildman–Crippen MR) is 44.6 cm³/mol. The van der Waals surface area contributed by atoms with Gasteiger partial charge in [-0.1, -0.05) is 12.7 Å². The summed E-state index contributed by atoms with van der Waals surface area (Å²) in [5.74, 6) is 0. The summed E-state index contributed by atoms with van der Waals surface area (Å²) in [6.45, 7) is 3.30. The molecule has 0 atom stereocenters. The molecule has 0 fully saturated rings. The van der Waals surface area contributed by atoms with Crippen molar-refractivity contribution >= 4 is 24.6 Å². The van der Waals surface area contributed by atoms with E-state index in [2.05, 4.69) is 11.3 Å². The molecule has 12 heavy (non-hydrogen) atoms. The Balaban J connectivity index is 0. The van der Waals surface area contributed by atoms with Crippen molar-refractivity contribution in [1.82, 2.24) is 4.90 Å². The number of hydrogen-bond donors (Lipinski definition) is 1. The molecular weight excluding hydrogens is 186 g/mol. The van der Waals surface area contributed by atoms with Gasteiger partial charge >= 0.3 is 12.2 Å². The minimum Gasteiger partial charge on any atom is -0.465 e. The lowest BCUT2D eigenvalue weighted by Gasteiger charge is -2.09. The Kier molecular flexibility index (Phi) is 7.22. The highest BCUT2D eigenvalue weighted by Crippen LogP contribution is 1.90. The quantitative estimate of drug-likeness (QED) is 0.676. The first-order chi connectivity index (χ1) is 5.09. The second-order valence-electron chi connectivity index (χ2n) is 1.71. The van der Waals surface area contributed by atoms with Crippen LogP contribution in [-0.4, -0.2) is 35.8 Å². The Hall–Kier alpha value is -1.23. The number of carboxylic acid groups (broad SMARTS) is 1. The molecule has 0 aromatic heterocycles. The van der Waals surface area contributed by atoms with Crippen LogP contribution in [0.15, 0.2) is 12.7 Å². The summed E-state index contributed by atoms with van der Waals surface area (Å²) in [5.41, 5.74) is 0. The van der Waals surface area contributed by atoms with Crippen LogP contribution in [0.3, 0.4) is 0 Å². The lowest BCUT2D eigenvalue weighted by atomic mass is 10.7. The molecular formula is C6H10ClNO4. The second-order valence-corrected chi connectivity index (χ2v) is 1.71. The van der Waals surface area contributed by atoms with E-state index in [-0.39, 0.29) is 19.0 Å². The van der Waals surface area contributed by atoms with Crippen molar-refractivity contribution in [3.05, 3.63) is 12.7 Å². The highest BCUT2D eigenvalue weighted by molar-refractivity contribution is 5.86. The van der Waals surface area contributed by atoms with Gasteiger partial charge in [-0.05, 0) is 0 Å². The van der Waals surface area contributed by atoms with Crippen LogP contribution >= 0.6 is 12.4 Å². The standard InChI is InChI=1S/C6H9NO4.ClH/c1-3-4-11-6(10)7(2)5(8)9;/h3H,1,4H2,2H3,(H,8,9);1H. The van der Waals surface area contributed by atoms with E-state index in [4.69, 9.17) is 5.11 Å². The summed E-state index contributed by atoms with van der Waals surface area (Å²) >= 11 is 0. The Bertz CT molecular complexity index is 182. The van der Waals surface area contributed by atoms with Crippen LogP contribution < -0.4 is 0 Å². The van der Waals surface area contributed by atoms with Crippen molar-refractivity contribution in [2.24, 2.45) is 0 Å². The number of amides is 2. The maximum atomic E-state index is 10.6. The van der Waals surface area contributed by atoms with Crippen molar-refractivity contribution in [3.8, 4) is 0 Å². The highest BCUT2D eigenvalue weighted by atomic mass is 35.5. The molecule has 0 aromatic rings. The third-order valence-electron chi connectivity index (χ3n) is 0.885. The maximum Gasteiger partial charge on any atom is 0.419 e. The Morgan fingerprint density at radius 2 is 2.17 bits per heavy atom. The third-order valence-corrected chi connectivity index (χ3v) is 0.885. The van der Waals surface area contributed by atoms with Crippen LogP contribution in [0, 0.1) is 0 Å². The van der Waals surface area contributed by atoms with Gasteiger partial charge in [-0.15, -0.1) is 12.4 Å². The Morgan fingerprint density at radius 3 is 2.50 bits per heavy atom. The van der Waals surface area contributed by atoms with Gasteiger partial charge in [0.05, 0.1) is 0 Å². The van der Waals surface area contributed by atoms with Gasteiger partial charge in [-0.2, -0.15) is 0 Å². The van der Waals surface area contributed by atoms with E-state index in [1.165, 1.54) is 6.08 Å². The molecule has 0 bridgehead atoms. The molecule has 0 rings (SSSR count). The lowest BCUT2D eigenvalue weighted by molar-refractivity contribution is 0.110. The first-order valence-corrected chi connectivity index (χ1v) is 2.84. The van der Waals surface area contributed by atoms with E-state index >= 15 is 0 Å². The van der Waals surface area contributed by atoms with Gasteiger partial charge in [-0.3, -0.25) is 0 Å². The van der Waals surface area contributed by atoms with Crippen LogP contribution in [0.4, 0.5) is 9.59 Å². The normalized spacial score (nSPS) is 7.75. The van der Waals surface area contributed by atoms with E-state index in [1.54, 1.807) is 0 Å². The fourth-order valence-corrected chi connectivity index (χ4v) is 0.305. The van der Waals surface area contributed by atoms with Crippen LogP contribution in [0.2, 0.25) is 0 Å². The number of nitrogens with zero attached hydrogens (tertiary/aromatic N) is 1. The molecule has 1 N–H and O–H groups in total. The second kappa shape index (κ2) is 6.48. The summed E-state index contributed by atoms with van der Waals surface area (Å²) in [6.07, 6.45) is -0.899. The first-order valence-electron chi connectivity index (χ1n) is 2.84. The van der Waals surface area contributed by atoms with E-state index in [0.29, 0.717) is 4.90 Å². The predicted octanol–water partition coefficient (Wildman–Crippen LogP) is 1.34. The number of imide groups is 1. The van der Waals surface area contributed by atoms with Crippen molar-refractivity contribution in [2.75, 3.05) is 13.7 Å². The number of carbonyl (C=O) groups excluding carboxylic acids is 1. The molecule has 0 aromatic carbocycles. The molecule has 0 aliphatic carbocycles. The van der Waals surface area contributed by atoms with E-state index < -0.39 is 12.2 Å². The lowest BCUT2D eigenvalue weighted by Crippen LogP contribution is -2.32. The zero-order chi connectivity index (χ0) is 8.85. The largest absolute Gasteiger partial charge is 0.465 e. The average Bonchev–Trinajstić information content (AvgIpc) is 1.98. The van der Waals surface area contributed by atoms with Gasteiger partial charge in [0.2, 0.25) is 0 Å². The zero-order valence-corrected chi connectivity index (χ0v) is 7.34. The molecule has 2 amide bonds. The summed E-state index contributed by atoms with van der Waals surface area (Å²) in [4.78, 5) is 21.2. The van der Waals surface area contributed by atoms with Crippen LogP contribution in [0.25, 0.3) is 0 Å². The number of hydrogen-bond acceptors (Lipinski definition) is 3. The van der Waals surface area contributed by atoms with Crippen molar-refractivity contribution in [1.29, 1.82) is 0 Å². The molecule has 0 saturated carbocycles. The Morgan fingerprint density at radius 1 is 1.67 bits per heavy atom. The summed E-state index contributed by atoms with van der Waals surface area (Å²) < 4.78 is 4.40. The smallest absolute Gasteiger partial charge is 0.419 e. The monoisotopic (exact) mass is 195 g/mol. The van der Waals surface area contributed by atoms with Crippen LogP contribution in [0.5, 0.6) is 0 Å². The molecule has 5 nitrogen and oxygen atoms in total. The van der Waals surface area contributed by atoms with E-state index in [0.717, 1.165) is 7.05 Å². The topological polar surface area (TPSA) is 66.8 Å². The van der Waals surface area contributed by atoms with Gasteiger partial charge in [0.25, 0.3) is 0 Å². The molecule has 0 spiro atoms. The van der Waals surface area contributed by atoms with Crippen molar-refractivity contribution in [2.45, 2.75) is 0 Å². The summed E-state index contributed by atoms with van der Waals surface area (Å²) in [5, 5.41) is 8.25. The molecule has 70 valence electrons. The fourth-order valence-electron chi connectivity index (χ4n) is 0.305. The molecule has 0 saturated heterocycles. The maximum absolute atomic E-state index is 10.6. The van der Waals surface area contributed by atoms with Gasteiger partial charge in [-0.25, -0.2) is 14.5 Å². The minimum absolute atomic E-state index is 0. The van der Waals surface area contributed by atoms with Crippen molar-refractivity contribution in [3.63, 3.8) is 0 Å². The average molecular weight is 196 g/mol. The van der Waals surface area contributed by atoms with Gasteiger partial charge in [0.1, 0.15) is 6.61 Å². The SMILES string of the molecule is C=CCOC(=O)N(C)C(=O)O.Cl. The molecule has 6 heteroatoms. The first kappa shape index (κ1) is 13.4. The fraction of sp³-hybridized carbons (Fsp3) is 0.333. The summed E-state index contributed by atoms with van der Waals surface area (Å²) in [7, 11) is 1.10. The number of ether oxygens (including phenoxy) is 1. The Labute approximate surface area is 76.0 Å². The minimum atomic E-state index is -1.35. The summed E-state index contributed by atoms with van der Waals surface area (Å²) in [6, 6.07) is 0. The van der Waals surface area contributed by atoms with E-state index in [1.807, 2.05) is 0 Å². The molecule has 0 unspecified atom stereocenters. The van der Waals surface area contributed by atoms with Gasteiger partial charge < -0.3 is 9.84 Å².